The molecule has 0 unspecified atom stereocenters. The summed E-state index contributed by atoms with van der Waals surface area (Å²) in [5.41, 5.74) is 2.97. The van der Waals surface area contributed by atoms with Gasteiger partial charge in [0.25, 0.3) is 0 Å². The molecule has 7 heteroatoms. The van der Waals surface area contributed by atoms with E-state index in [9.17, 15) is 0 Å². The van der Waals surface area contributed by atoms with Gasteiger partial charge < -0.3 is 25.3 Å². The Morgan fingerprint density at radius 2 is 2.29 bits per heavy atom. The van der Waals surface area contributed by atoms with Crippen molar-refractivity contribution < 1.29 is 4.74 Å². The summed E-state index contributed by atoms with van der Waals surface area (Å²) < 4.78 is 5.43. The summed E-state index contributed by atoms with van der Waals surface area (Å²) in [4.78, 5) is 9.91. The molecule has 1 fully saturated rings. The van der Waals surface area contributed by atoms with Crippen LogP contribution in [0.15, 0.2) is 18.5 Å². The van der Waals surface area contributed by atoms with E-state index in [2.05, 4.69) is 25.5 Å². The van der Waals surface area contributed by atoms with Crippen molar-refractivity contribution >= 4 is 39.7 Å². The molecule has 3 rings (SSSR count). The predicted molar refractivity (Wildman–Crippen MR) is 89.0 cm³/mol. The van der Waals surface area contributed by atoms with Crippen LogP contribution in [-0.2, 0) is 4.74 Å². The van der Waals surface area contributed by atoms with Crippen molar-refractivity contribution in [2.45, 2.75) is 6.92 Å². The maximum Gasteiger partial charge on any atom is 0.170 e. The highest BCUT2D eigenvalue weighted by molar-refractivity contribution is 7.80. The minimum absolute atomic E-state index is 0.621. The monoisotopic (exact) mass is 305 g/mol. The summed E-state index contributed by atoms with van der Waals surface area (Å²) in [6.07, 6.45) is 3.74. The number of hydrogen-bond donors (Lipinski definition) is 3. The lowest BCUT2D eigenvalue weighted by Gasteiger charge is -2.29. The van der Waals surface area contributed by atoms with Crippen molar-refractivity contribution in [1.29, 1.82) is 0 Å². The molecule has 6 nitrogen and oxygen atoms in total. The Hall–Kier alpha value is -1.86. The molecule has 2 aromatic rings. The molecule has 1 aliphatic rings. The fraction of sp³-hybridized carbons (Fsp3) is 0.429. The van der Waals surface area contributed by atoms with E-state index in [-0.39, 0.29) is 0 Å². The summed E-state index contributed by atoms with van der Waals surface area (Å²) >= 11 is 5.27. The van der Waals surface area contributed by atoms with Gasteiger partial charge in [0, 0.05) is 32.0 Å². The fourth-order valence-electron chi connectivity index (χ4n) is 2.53. The van der Waals surface area contributed by atoms with Gasteiger partial charge in [-0.1, -0.05) is 0 Å². The smallest absolute Gasteiger partial charge is 0.170 e. The second-order valence-electron chi connectivity index (χ2n) is 4.84. The lowest BCUT2D eigenvalue weighted by Crippen LogP contribution is -2.36. The third kappa shape index (κ3) is 2.93. The van der Waals surface area contributed by atoms with E-state index in [1.165, 1.54) is 0 Å². The number of rotatable bonds is 3. The minimum Gasteiger partial charge on any atom is -0.378 e. The summed E-state index contributed by atoms with van der Waals surface area (Å²) in [6, 6.07) is 2.04. The van der Waals surface area contributed by atoms with Gasteiger partial charge >= 0.3 is 0 Å². The maximum atomic E-state index is 5.43. The van der Waals surface area contributed by atoms with Gasteiger partial charge in [-0.25, -0.2) is 4.98 Å². The number of H-pyrrole nitrogens is 1. The first kappa shape index (κ1) is 14.1. The van der Waals surface area contributed by atoms with E-state index < -0.39 is 0 Å². The van der Waals surface area contributed by atoms with Crippen LogP contribution in [0.1, 0.15) is 6.92 Å². The molecule has 0 spiro atoms. The summed E-state index contributed by atoms with van der Waals surface area (Å²) in [5, 5.41) is 8.03. The lowest BCUT2D eigenvalue weighted by molar-refractivity contribution is 0.123. The molecule has 0 atom stereocenters. The van der Waals surface area contributed by atoms with Gasteiger partial charge in [0.2, 0.25) is 0 Å². The van der Waals surface area contributed by atoms with Crippen LogP contribution in [0.2, 0.25) is 0 Å². The van der Waals surface area contributed by atoms with E-state index >= 15 is 0 Å². The van der Waals surface area contributed by atoms with Gasteiger partial charge in [-0.3, -0.25) is 0 Å². The number of anilines is 2. The van der Waals surface area contributed by atoms with Gasteiger partial charge in [0.1, 0.15) is 5.65 Å². The normalized spacial score (nSPS) is 15.2. The lowest BCUT2D eigenvalue weighted by atomic mass is 10.2. The Morgan fingerprint density at radius 1 is 1.48 bits per heavy atom. The van der Waals surface area contributed by atoms with Crippen LogP contribution >= 0.6 is 12.2 Å². The molecule has 2 aromatic heterocycles. The number of ether oxygens (including phenoxy) is 1. The Kier molecular flexibility index (Phi) is 4.21. The van der Waals surface area contributed by atoms with Gasteiger partial charge in [-0.05, 0) is 25.2 Å². The molecule has 0 aromatic carbocycles. The number of pyridine rings is 1. The van der Waals surface area contributed by atoms with Gasteiger partial charge in [0.05, 0.1) is 30.0 Å². The molecule has 0 radical (unpaired) electrons. The van der Waals surface area contributed by atoms with Crippen LogP contribution in [-0.4, -0.2) is 47.9 Å². The first-order valence-electron chi connectivity index (χ1n) is 7.13. The van der Waals surface area contributed by atoms with Crippen molar-refractivity contribution in [2.24, 2.45) is 0 Å². The second kappa shape index (κ2) is 6.28. The largest absolute Gasteiger partial charge is 0.378 e. The van der Waals surface area contributed by atoms with Gasteiger partial charge in [-0.2, -0.15) is 0 Å². The maximum absolute atomic E-state index is 5.43. The molecule has 1 saturated heterocycles. The molecule has 0 aliphatic carbocycles. The van der Waals surface area contributed by atoms with Crippen molar-refractivity contribution in [2.75, 3.05) is 43.1 Å². The number of aromatic nitrogens is 2. The molecule has 21 heavy (non-hydrogen) atoms. The number of nitrogens with zero attached hydrogens (tertiary/aromatic N) is 2. The molecule has 3 heterocycles. The molecule has 1 aliphatic heterocycles. The first-order valence-corrected chi connectivity index (χ1v) is 7.54. The number of morpholine rings is 1. The number of fused-ring (bicyclic) bond motifs is 1. The molecule has 0 saturated carbocycles. The van der Waals surface area contributed by atoms with Crippen LogP contribution in [0.5, 0.6) is 0 Å². The summed E-state index contributed by atoms with van der Waals surface area (Å²) in [5.74, 6) is 0. The first-order chi connectivity index (χ1) is 10.3. The topological polar surface area (TPSA) is 65.2 Å². The van der Waals surface area contributed by atoms with Crippen molar-refractivity contribution in [3.63, 3.8) is 0 Å². The van der Waals surface area contributed by atoms with Gasteiger partial charge in [0.15, 0.2) is 5.11 Å². The highest BCUT2D eigenvalue weighted by Gasteiger charge is 2.17. The Morgan fingerprint density at radius 3 is 3.05 bits per heavy atom. The number of nitrogens with one attached hydrogen (secondary N) is 3. The summed E-state index contributed by atoms with van der Waals surface area (Å²) in [7, 11) is 0. The van der Waals surface area contributed by atoms with Crippen molar-refractivity contribution in [3.05, 3.63) is 18.5 Å². The van der Waals surface area contributed by atoms with Crippen LogP contribution in [0.25, 0.3) is 11.0 Å². The van der Waals surface area contributed by atoms with E-state index in [0.717, 1.165) is 55.3 Å². The highest BCUT2D eigenvalue weighted by atomic mass is 32.1. The number of thiocarbonyl (C=S) groups is 1. The Balaban J connectivity index is 1.96. The zero-order chi connectivity index (χ0) is 14.7. The van der Waals surface area contributed by atoms with Crippen LogP contribution in [0.4, 0.5) is 11.4 Å². The van der Waals surface area contributed by atoms with E-state index in [1.54, 1.807) is 0 Å². The predicted octanol–water partition coefficient (Wildman–Crippen LogP) is 1.71. The van der Waals surface area contributed by atoms with Crippen LogP contribution in [0, 0.1) is 0 Å². The molecular formula is C14H19N5OS. The molecule has 3 N–H and O–H groups in total. The summed E-state index contributed by atoms with van der Waals surface area (Å²) in [6.45, 7) is 6.11. The van der Waals surface area contributed by atoms with Crippen molar-refractivity contribution in [1.82, 2.24) is 15.3 Å². The SMILES string of the molecule is CCNC(=S)Nc1c[nH]c2nccc(N3CCOCC3)c12. The fourth-order valence-corrected chi connectivity index (χ4v) is 2.79. The highest BCUT2D eigenvalue weighted by Crippen LogP contribution is 2.32. The average Bonchev–Trinajstić information content (AvgIpc) is 2.91. The van der Waals surface area contributed by atoms with E-state index in [1.807, 2.05) is 25.4 Å². The third-order valence-corrected chi connectivity index (χ3v) is 3.74. The zero-order valence-corrected chi connectivity index (χ0v) is 12.8. The van der Waals surface area contributed by atoms with Gasteiger partial charge in [-0.15, -0.1) is 0 Å². The van der Waals surface area contributed by atoms with Crippen LogP contribution < -0.4 is 15.5 Å². The standard InChI is InChI=1S/C14H19N5OS/c1-2-15-14(21)18-10-9-17-13-12(10)11(3-4-16-13)19-5-7-20-8-6-19/h3-4,9H,2,5-8H2,1H3,(H,16,17)(H2,15,18,21). The quantitative estimate of drug-likeness (QED) is 0.750. The number of hydrogen-bond acceptors (Lipinski definition) is 4. The molecule has 0 bridgehead atoms. The minimum atomic E-state index is 0.621. The van der Waals surface area contributed by atoms with E-state index in [4.69, 9.17) is 17.0 Å². The Bertz CT molecular complexity index is 635. The number of aromatic amines is 1. The molecule has 112 valence electrons. The third-order valence-electron chi connectivity index (χ3n) is 3.49. The zero-order valence-electron chi connectivity index (χ0n) is 12.0. The average molecular weight is 305 g/mol. The Labute approximate surface area is 128 Å². The second-order valence-corrected chi connectivity index (χ2v) is 5.25. The van der Waals surface area contributed by atoms with Crippen molar-refractivity contribution in [3.8, 4) is 0 Å². The van der Waals surface area contributed by atoms with E-state index in [0.29, 0.717) is 5.11 Å². The molecular weight excluding hydrogens is 286 g/mol. The van der Waals surface area contributed by atoms with Crippen LogP contribution in [0.3, 0.4) is 0 Å². The molecule has 0 amide bonds.